The smallest absolute Gasteiger partial charge is 0.269 e. The molecule has 0 aliphatic carbocycles. The van der Waals surface area contributed by atoms with Gasteiger partial charge in [0.25, 0.3) is 5.91 Å². The predicted molar refractivity (Wildman–Crippen MR) is 119 cm³/mol. The third-order valence-corrected chi connectivity index (χ3v) is 4.89. The van der Waals surface area contributed by atoms with Gasteiger partial charge in [0.05, 0.1) is 32.3 Å². The lowest BCUT2D eigenvalue weighted by Crippen LogP contribution is -2.28. The summed E-state index contributed by atoms with van der Waals surface area (Å²) in [6, 6.07) is 13.6. The van der Waals surface area contributed by atoms with Crippen LogP contribution in [0.15, 0.2) is 55.0 Å². The van der Waals surface area contributed by atoms with Crippen molar-refractivity contribution in [1.82, 2.24) is 14.9 Å². The van der Waals surface area contributed by atoms with Crippen molar-refractivity contribution in [3.8, 4) is 28.3 Å². The van der Waals surface area contributed by atoms with Gasteiger partial charge in [-0.2, -0.15) is 0 Å². The van der Waals surface area contributed by atoms with Crippen LogP contribution in [-0.4, -0.2) is 36.2 Å². The molecular formula is C24H29N3O3. The zero-order chi connectivity index (χ0) is 21.7. The Kier molecular flexibility index (Phi) is 6.45. The lowest BCUT2D eigenvalue weighted by Gasteiger charge is -2.18. The van der Waals surface area contributed by atoms with Crippen LogP contribution in [0.2, 0.25) is 0 Å². The van der Waals surface area contributed by atoms with Crippen molar-refractivity contribution in [2.75, 3.05) is 20.8 Å². The summed E-state index contributed by atoms with van der Waals surface area (Å²) < 4.78 is 12.8. The Balaban J connectivity index is 1.84. The summed E-state index contributed by atoms with van der Waals surface area (Å²) in [5.41, 5.74) is 3.38. The van der Waals surface area contributed by atoms with Gasteiger partial charge in [0, 0.05) is 12.2 Å². The van der Waals surface area contributed by atoms with Gasteiger partial charge in [-0.1, -0.05) is 39.0 Å². The largest absolute Gasteiger partial charge is 0.496 e. The van der Waals surface area contributed by atoms with Crippen LogP contribution in [-0.2, 0) is 0 Å². The van der Waals surface area contributed by atoms with E-state index in [-0.39, 0.29) is 11.3 Å². The van der Waals surface area contributed by atoms with Crippen LogP contribution in [0.1, 0.15) is 37.7 Å². The molecule has 158 valence electrons. The highest BCUT2D eigenvalue weighted by Crippen LogP contribution is 2.38. The second-order valence-electron chi connectivity index (χ2n) is 8.30. The van der Waals surface area contributed by atoms with Crippen molar-refractivity contribution in [2.45, 2.75) is 27.2 Å². The van der Waals surface area contributed by atoms with Crippen LogP contribution in [0.25, 0.3) is 16.8 Å². The molecule has 6 nitrogen and oxygen atoms in total. The number of amides is 1. The van der Waals surface area contributed by atoms with E-state index < -0.39 is 0 Å². The Morgan fingerprint density at radius 3 is 2.23 bits per heavy atom. The van der Waals surface area contributed by atoms with Crippen molar-refractivity contribution >= 4 is 5.91 Å². The summed E-state index contributed by atoms with van der Waals surface area (Å²) in [6.07, 6.45) is 4.14. The fourth-order valence-electron chi connectivity index (χ4n) is 3.23. The number of ether oxygens (including phenoxy) is 2. The van der Waals surface area contributed by atoms with E-state index >= 15 is 0 Å². The van der Waals surface area contributed by atoms with Crippen LogP contribution in [0.5, 0.6) is 11.5 Å². The second-order valence-corrected chi connectivity index (χ2v) is 8.30. The van der Waals surface area contributed by atoms with Gasteiger partial charge in [0.15, 0.2) is 0 Å². The molecule has 0 aliphatic heterocycles. The van der Waals surface area contributed by atoms with E-state index in [0.29, 0.717) is 12.2 Å². The topological polar surface area (TPSA) is 65.4 Å². The number of aromatic nitrogens is 2. The number of imidazole rings is 1. The first kappa shape index (κ1) is 21.4. The molecule has 1 aromatic heterocycles. The number of benzene rings is 2. The standard InChI is InChI=1S/C24H29N3O3/c1-24(2,3)13-14-26-23(28)19-15-25-16-27(19)18-11-9-17(10-12-18)22-20(29-4)7-6-8-21(22)30-5/h6-12,15-16H,13-14H2,1-5H3,(H,26,28). The highest BCUT2D eigenvalue weighted by atomic mass is 16.5. The number of methoxy groups -OCH3 is 2. The van der Waals surface area contributed by atoms with Gasteiger partial charge in [-0.05, 0) is 41.7 Å². The summed E-state index contributed by atoms with van der Waals surface area (Å²) in [7, 11) is 3.28. The number of hydrogen-bond donors (Lipinski definition) is 1. The minimum Gasteiger partial charge on any atom is -0.496 e. The van der Waals surface area contributed by atoms with E-state index in [0.717, 1.165) is 34.7 Å². The molecule has 0 saturated carbocycles. The third-order valence-electron chi connectivity index (χ3n) is 4.89. The van der Waals surface area contributed by atoms with Gasteiger partial charge in [-0.15, -0.1) is 0 Å². The summed E-state index contributed by atoms with van der Waals surface area (Å²) in [4.78, 5) is 16.8. The van der Waals surface area contributed by atoms with Gasteiger partial charge in [-0.3, -0.25) is 9.36 Å². The molecular weight excluding hydrogens is 378 g/mol. The molecule has 0 unspecified atom stereocenters. The van der Waals surface area contributed by atoms with Gasteiger partial charge in [0.1, 0.15) is 17.2 Å². The number of rotatable bonds is 7. The SMILES string of the molecule is COc1cccc(OC)c1-c1ccc(-n2cncc2C(=O)NCCC(C)(C)C)cc1. The molecule has 3 aromatic rings. The molecule has 0 fully saturated rings. The van der Waals surface area contributed by atoms with Gasteiger partial charge >= 0.3 is 0 Å². The first-order valence-corrected chi connectivity index (χ1v) is 9.96. The van der Waals surface area contributed by atoms with Crippen LogP contribution < -0.4 is 14.8 Å². The number of nitrogens with zero attached hydrogens (tertiary/aromatic N) is 2. The normalized spacial score (nSPS) is 11.2. The Bertz CT molecular complexity index is 979. The molecule has 2 aromatic carbocycles. The van der Waals surface area contributed by atoms with E-state index in [1.807, 2.05) is 42.5 Å². The Hall–Kier alpha value is -3.28. The van der Waals surface area contributed by atoms with Crippen LogP contribution in [0.3, 0.4) is 0 Å². The Labute approximate surface area is 177 Å². The minimum atomic E-state index is -0.132. The zero-order valence-electron chi connectivity index (χ0n) is 18.2. The highest BCUT2D eigenvalue weighted by molar-refractivity contribution is 5.93. The lowest BCUT2D eigenvalue weighted by molar-refractivity contribution is 0.0942. The molecule has 0 atom stereocenters. The molecule has 3 rings (SSSR count). The maximum absolute atomic E-state index is 12.6. The molecule has 6 heteroatoms. The number of carbonyl (C=O) groups excluding carboxylic acids is 1. The highest BCUT2D eigenvalue weighted by Gasteiger charge is 2.16. The quantitative estimate of drug-likeness (QED) is 0.615. The Morgan fingerprint density at radius 1 is 1.03 bits per heavy atom. The monoisotopic (exact) mass is 407 g/mol. The molecule has 0 aliphatic rings. The van der Waals surface area contributed by atoms with Crippen LogP contribution in [0.4, 0.5) is 0 Å². The Morgan fingerprint density at radius 2 is 1.67 bits per heavy atom. The third kappa shape index (κ3) is 4.82. The molecule has 30 heavy (non-hydrogen) atoms. The number of carbonyl (C=O) groups is 1. The second kappa shape index (κ2) is 9.03. The molecule has 0 saturated heterocycles. The lowest BCUT2D eigenvalue weighted by atomic mass is 9.92. The summed E-state index contributed by atoms with van der Waals surface area (Å²) >= 11 is 0. The van der Waals surface area contributed by atoms with Crippen molar-refractivity contribution < 1.29 is 14.3 Å². The summed E-state index contributed by atoms with van der Waals surface area (Å²) in [6.45, 7) is 7.09. The zero-order valence-corrected chi connectivity index (χ0v) is 18.2. The van der Waals surface area contributed by atoms with Gasteiger partial charge in [-0.25, -0.2) is 4.98 Å². The maximum Gasteiger partial charge on any atom is 0.269 e. The fourth-order valence-corrected chi connectivity index (χ4v) is 3.23. The molecule has 0 radical (unpaired) electrons. The van der Waals surface area contributed by atoms with E-state index in [2.05, 4.69) is 31.1 Å². The first-order chi connectivity index (χ1) is 14.3. The predicted octanol–water partition coefficient (Wildman–Crippen LogP) is 4.72. The summed E-state index contributed by atoms with van der Waals surface area (Å²) in [5.74, 6) is 1.35. The van der Waals surface area contributed by atoms with Crippen molar-refractivity contribution in [2.24, 2.45) is 5.41 Å². The average Bonchev–Trinajstić information content (AvgIpc) is 3.22. The van der Waals surface area contributed by atoms with Gasteiger partial charge in [0.2, 0.25) is 0 Å². The van der Waals surface area contributed by atoms with Crippen LogP contribution in [0, 0.1) is 5.41 Å². The summed E-state index contributed by atoms with van der Waals surface area (Å²) in [5, 5.41) is 2.99. The van der Waals surface area contributed by atoms with E-state index in [1.165, 1.54) is 0 Å². The first-order valence-electron chi connectivity index (χ1n) is 9.96. The fraction of sp³-hybridized carbons (Fsp3) is 0.333. The van der Waals surface area contributed by atoms with Gasteiger partial charge < -0.3 is 14.8 Å². The molecule has 0 spiro atoms. The van der Waals surface area contributed by atoms with E-state index in [1.54, 1.807) is 31.3 Å². The number of hydrogen-bond acceptors (Lipinski definition) is 4. The van der Waals surface area contributed by atoms with Crippen LogP contribution >= 0.6 is 0 Å². The molecule has 0 bridgehead atoms. The number of nitrogens with one attached hydrogen (secondary N) is 1. The average molecular weight is 408 g/mol. The minimum absolute atomic E-state index is 0.132. The van der Waals surface area contributed by atoms with Crippen molar-refractivity contribution in [3.05, 3.63) is 60.7 Å². The maximum atomic E-state index is 12.6. The molecule has 1 amide bonds. The molecule has 1 N–H and O–H groups in total. The van der Waals surface area contributed by atoms with Crippen molar-refractivity contribution in [1.29, 1.82) is 0 Å². The van der Waals surface area contributed by atoms with E-state index in [4.69, 9.17) is 9.47 Å². The van der Waals surface area contributed by atoms with E-state index in [9.17, 15) is 4.79 Å². The van der Waals surface area contributed by atoms with Crippen molar-refractivity contribution in [3.63, 3.8) is 0 Å². The molecule has 1 heterocycles.